The van der Waals surface area contributed by atoms with Crippen LogP contribution in [0.3, 0.4) is 0 Å². The summed E-state index contributed by atoms with van der Waals surface area (Å²) in [4.78, 5) is 20.5. The lowest BCUT2D eigenvalue weighted by Crippen LogP contribution is -2.32. The van der Waals surface area contributed by atoms with E-state index in [1.165, 1.54) is 0 Å². The standard InChI is InChI=1S/C21H20N6OS/c22-14-17-6-4-10-24-20(17)25-11-12-26-21(28)27-18-7-3-5-16(13-18)15-29-19-8-1-2-9-23-19/h1-10,13H,11-12,15H2,(H,24,25)(H2,26,27,28). The van der Waals surface area contributed by atoms with E-state index in [0.29, 0.717) is 24.5 Å². The van der Waals surface area contributed by atoms with Crippen LogP contribution in [0.25, 0.3) is 0 Å². The summed E-state index contributed by atoms with van der Waals surface area (Å²) < 4.78 is 0. The number of thioether (sulfide) groups is 1. The Kier molecular flexibility index (Phi) is 7.43. The van der Waals surface area contributed by atoms with Gasteiger partial charge in [-0.1, -0.05) is 18.2 Å². The highest BCUT2D eigenvalue weighted by molar-refractivity contribution is 7.98. The molecule has 8 heteroatoms. The Balaban J connectivity index is 1.43. The second-order valence-electron chi connectivity index (χ2n) is 5.98. The molecule has 0 aliphatic rings. The van der Waals surface area contributed by atoms with E-state index in [1.54, 1.807) is 36.3 Å². The van der Waals surface area contributed by atoms with Crippen molar-refractivity contribution in [3.63, 3.8) is 0 Å². The van der Waals surface area contributed by atoms with Gasteiger partial charge in [0.2, 0.25) is 0 Å². The van der Waals surface area contributed by atoms with E-state index in [9.17, 15) is 4.79 Å². The molecule has 2 heterocycles. The van der Waals surface area contributed by atoms with Gasteiger partial charge in [0.25, 0.3) is 0 Å². The summed E-state index contributed by atoms with van der Waals surface area (Å²) in [5.41, 5.74) is 2.29. The second-order valence-corrected chi connectivity index (χ2v) is 6.97. The lowest BCUT2D eigenvalue weighted by Gasteiger charge is -2.10. The molecule has 7 nitrogen and oxygen atoms in total. The van der Waals surface area contributed by atoms with Crippen LogP contribution < -0.4 is 16.0 Å². The molecule has 3 aromatic rings. The van der Waals surface area contributed by atoms with Crippen molar-refractivity contribution in [2.45, 2.75) is 10.8 Å². The number of nitrogens with one attached hydrogen (secondary N) is 3. The third kappa shape index (κ3) is 6.52. The number of rotatable bonds is 8. The van der Waals surface area contributed by atoms with Crippen LogP contribution in [0, 0.1) is 11.3 Å². The van der Waals surface area contributed by atoms with E-state index >= 15 is 0 Å². The number of benzene rings is 1. The molecule has 0 atom stereocenters. The number of anilines is 2. The fourth-order valence-corrected chi connectivity index (χ4v) is 3.30. The molecule has 0 fully saturated rings. The van der Waals surface area contributed by atoms with Crippen LogP contribution >= 0.6 is 11.8 Å². The van der Waals surface area contributed by atoms with Gasteiger partial charge in [-0.05, 0) is 42.0 Å². The third-order valence-electron chi connectivity index (χ3n) is 3.84. The Bertz CT molecular complexity index is 990. The molecular formula is C21H20N6OS. The molecule has 0 unspecified atom stereocenters. The van der Waals surface area contributed by atoms with E-state index in [4.69, 9.17) is 5.26 Å². The first-order valence-electron chi connectivity index (χ1n) is 9.01. The number of urea groups is 1. The van der Waals surface area contributed by atoms with Gasteiger partial charge in [-0.25, -0.2) is 14.8 Å². The summed E-state index contributed by atoms with van der Waals surface area (Å²) in [6.07, 6.45) is 3.39. The maximum absolute atomic E-state index is 12.1. The number of nitrogens with zero attached hydrogens (tertiary/aromatic N) is 3. The highest BCUT2D eigenvalue weighted by Gasteiger charge is 2.04. The fourth-order valence-electron chi connectivity index (χ4n) is 2.50. The van der Waals surface area contributed by atoms with Gasteiger partial charge in [-0.3, -0.25) is 0 Å². The summed E-state index contributed by atoms with van der Waals surface area (Å²) in [7, 11) is 0. The second kappa shape index (κ2) is 10.7. The molecule has 2 aromatic heterocycles. The molecule has 0 radical (unpaired) electrons. The minimum atomic E-state index is -0.289. The van der Waals surface area contributed by atoms with Crippen molar-refractivity contribution in [3.05, 3.63) is 78.1 Å². The molecule has 29 heavy (non-hydrogen) atoms. The summed E-state index contributed by atoms with van der Waals surface area (Å²) in [5.74, 6) is 1.28. The third-order valence-corrected chi connectivity index (χ3v) is 4.86. The topological polar surface area (TPSA) is 103 Å². The first kappa shape index (κ1) is 20.2. The van der Waals surface area contributed by atoms with Crippen molar-refractivity contribution in [2.24, 2.45) is 0 Å². The first-order valence-corrected chi connectivity index (χ1v) is 10.00. The van der Waals surface area contributed by atoms with Crippen LogP contribution in [-0.2, 0) is 5.75 Å². The summed E-state index contributed by atoms with van der Waals surface area (Å²) >= 11 is 1.64. The van der Waals surface area contributed by atoms with Crippen molar-refractivity contribution in [2.75, 3.05) is 23.7 Å². The monoisotopic (exact) mass is 404 g/mol. The highest BCUT2D eigenvalue weighted by atomic mass is 32.2. The Hall–Kier alpha value is -3.57. The quantitative estimate of drug-likeness (QED) is 0.389. The summed E-state index contributed by atoms with van der Waals surface area (Å²) in [6, 6.07) is 18.7. The van der Waals surface area contributed by atoms with Crippen molar-refractivity contribution < 1.29 is 4.79 Å². The number of carbonyl (C=O) groups is 1. The number of pyridine rings is 2. The molecule has 3 rings (SSSR count). The average molecular weight is 404 g/mol. The van der Waals surface area contributed by atoms with Gasteiger partial charge in [0.05, 0.1) is 10.6 Å². The van der Waals surface area contributed by atoms with Gasteiger partial charge in [-0.2, -0.15) is 5.26 Å². The maximum Gasteiger partial charge on any atom is 0.319 e. The van der Waals surface area contributed by atoms with E-state index in [0.717, 1.165) is 22.0 Å². The molecule has 3 N–H and O–H groups in total. The van der Waals surface area contributed by atoms with Crippen LogP contribution in [0.4, 0.5) is 16.3 Å². The van der Waals surface area contributed by atoms with E-state index < -0.39 is 0 Å². The molecule has 0 spiro atoms. The Morgan fingerprint density at radius 3 is 2.76 bits per heavy atom. The number of hydrogen-bond donors (Lipinski definition) is 3. The fraction of sp³-hybridized carbons (Fsp3) is 0.143. The summed E-state index contributed by atoms with van der Waals surface area (Å²) in [5, 5.41) is 18.6. The normalized spacial score (nSPS) is 10.0. The lowest BCUT2D eigenvalue weighted by molar-refractivity contribution is 0.252. The zero-order valence-electron chi connectivity index (χ0n) is 15.6. The van der Waals surface area contributed by atoms with Gasteiger partial charge in [-0.15, -0.1) is 11.8 Å². The van der Waals surface area contributed by atoms with E-state index in [-0.39, 0.29) is 6.03 Å². The number of carbonyl (C=O) groups excluding carboxylic acids is 1. The van der Waals surface area contributed by atoms with Gasteiger partial charge < -0.3 is 16.0 Å². The van der Waals surface area contributed by atoms with Crippen LogP contribution in [0.1, 0.15) is 11.1 Å². The highest BCUT2D eigenvalue weighted by Crippen LogP contribution is 2.22. The minimum Gasteiger partial charge on any atom is -0.367 e. The molecule has 0 saturated carbocycles. The molecule has 0 saturated heterocycles. The maximum atomic E-state index is 12.1. The van der Waals surface area contributed by atoms with Gasteiger partial charge in [0.1, 0.15) is 11.9 Å². The molecular weight excluding hydrogens is 384 g/mol. The zero-order chi connectivity index (χ0) is 20.3. The number of aromatic nitrogens is 2. The minimum absolute atomic E-state index is 0.289. The molecule has 1 aromatic carbocycles. The van der Waals surface area contributed by atoms with Crippen molar-refractivity contribution in [1.82, 2.24) is 15.3 Å². The number of hydrogen-bond acceptors (Lipinski definition) is 6. The predicted octanol–water partition coefficient (Wildman–Crippen LogP) is 3.87. The van der Waals surface area contributed by atoms with Crippen LogP contribution in [-0.4, -0.2) is 29.1 Å². The van der Waals surface area contributed by atoms with Crippen molar-refractivity contribution in [3.8, 4) is 6.07 Å². The van der Waals surface area contributed by atoms with Crippen molar-refractivity contribution in [1.29, 1.82) is 5.26 Å². The smallest absolute Gasteiger partial charge is 0.319 e. The SMILES string of the molecule is N#Cc1cccnc1NCCNC(=O)Nc1cccc(CSc2ccccn2)c1. The largest absolute Gasteiger partial charge is 0.367 e. The lowest BCUT2D eigenvalue weighted by atomic mass is 10.2. The number of amides is 2. The van der Waals surface area contributed by atoms with Crippen molar-refractivity contribution >= 4 is 29.3 Å². The van der Waals surface area contributed by atoms with Crippen LogP contribution in [0.5, 0.6) is 0 Å². The van der Waals surface area contributed by atoms with Crippen LogP contribution in [0.15, 0.2) is 72.0 Å². The zero-order valence-corrected chi connectivity index (χ0v) is 16.4. The molecule has 0 aliphatic heterocycles. The first-order chi connectivity index (χ1) is 14.2. The molecule has 2 amide bonds. The predicted molar refractivity (Wildman–Crippen MR) is 115 cm³/mol. The van der Waals surface area contributed by atoms with E-state index in [2.05, 4.69) is 32.0 Å². The van der Waals surface area contributed by atoms with Crippen LogP contribution in [0.2, 0.25) is 0 Å². The molecule has 146 valence electrons. The van der Waals surface area contributed by atoms with Gasteiger partial charge >= 0.3 is 6.03 Å². The Morgan fingerprint density at radius 1 is 1.03 bits per heavy atom. The van der Waals surface area contributed by atoms with Gasteiger partial charge in [0.15, 0.2) is 0 Å². The molecule has 0 aliphatic carbocycles. The van der Waals surface area contributed by atoms with E-state index in [1.807, 2.05) is 42.5 Å². The Labute approximate surface area is 173 Å². The molecule has 0 bridgehead atoms. The number of nitriles is 1. The van der Waals surface area contributed by atoms with Gasteiger partial charge in [0, 0.05) is 36.9 Å². The summed E-state index contributed by atoms with van der Waals surface area (Å²) in [6.45, 7) is 0.850. The average Bonchev–Trinajstić information content (AvgIpc) is 2.76. The Morgan fingerprint density at radius 2 is 1.93 bits per heavy atom.